The van der Waals surface area contributed by atoms with E-state index in [1.807, 2.05) is 0 Å². The predicted octanol–water partition coefficient (Wildman–Crippen LogP) is 3.52. The minimum atomic E-state index is -0.811. The standard InChI is InChI=1S/C15H19F2NO/c1-9-5-3-8-13(10(9)2)18-15(19)14-11(16)6-4-7-12(14)17/h4,6-7,9-10,13H,3,5,8H2,1-2H3,(H,18,19)/t9-,10+,13+/m1/s1. The van der Waals surface area contributed by atoms with E-state index in [1.165, 1.54) is 6.07 Å². The van der Waals surface area contributed by atoms with E-state index in [0.717, 1.165) is 31.4 Å². The first kappa shape index (κ1) is 14.0. The van der Waals surface area contributed by atoms with E-state index in [1.54, 1.807) is 0 Å². The van der Waals surface area contributed by atoms with Gasteiger partial charge in [0, 0.05) is 6.04 Å². The molecule has 19 heavy (non-hydrogen) atoms. The number of carbonyl (C=O) groups is 1. The molecule has 1 aliphatic carbocycles. The van der Waals surface area contributed by atoms with Crippen LogP contribution in [0.1, 0.15) is 43.5 Å². The van der Waals surface area contributed by atoms with Crippen molar-refractivity contribution in [3.8, 4) is 0 Å². The summed E-state index contributed by atoms with van der Waals surface area (Å²) in [5, 5.41) is 2.78. The number of amides is 1. The van der Waals surface area contributed by atoms with Gasteiger partial charge in [0.1, 0.15) is 17.2 Å². The SMILES string of the molecule is C[C@H]1[C@H](C)CCC[C@@H]1NC(=O)c1c(F)cccc1F. The van der Waals surface area contributed by atoms with Crippen molar-refractivity contribution in [2.75, 3.05) is 0 Å². The summed E-state index contributed by atoms with van der Waals surface area (Å²) in [6.45, 7) is 4.22. The summed E-state index contributed by atoms with van der Waals surface area (Å²) >= 11 is 0. The lowest BCUT2D eigenvalue weighted by Gasteiger charge is -2.34. The number of hydrogen-bond acceptors (Lipinski definition) is 1. The van der Waals surface area contributed by atoms with E-state index in [-0.39, 0.29) is 6.04 Å². The van der Waals surface area contributed by atoms with Gasteiger partial charge in [-0.15, -0.1) is 0 Å². The third-order valence-corrected chi connectivity index (χ3v) is 4.21. The molecule has 1 aromatic rings. The molecule has 104 valence electrons. The van der Waals surface area contributed by atoms with Crippen LogP contribution in [0, 0.1) is 23.5 Å². The van der Waals surface area contributed by atoms with Gasteiger partial charge in [-0.05, 0) is 30.4 Å². The summed E-state index contributed by atoms with van der Waals surface area (Å²) in [7, 11) is 0. The zero-order valence-electron chi connectivity index (χ0n) is 11.2. The Balaban J connectivity index is 2.13. The molecule has 4 heteroatoms. The largest absolute Gasteiger partial charge is 0.349 e. The predicted molar refractivity (Wildman–Crippen MR) is 69.8 cm³/mol. The first-order chi connectivity index (χ1) is 9.00. The van der Waals surface area contributed by atoms with Crippen LogP contribution in [0.3, 0.4) is 0 Å². The Bertz CT molecular complexity index is 455. The van der Waals surface area contributed by atoms with E-state index < -0.39 is 23.1 Å². The van der Waals surface area contributed by atoms with Crippen molar-refractivity contribution in [3.63, 3.8) is 0 Å². The molecule has 0 heterocycles. The van der Waals surface area contributed by atoms with Crippen LogP contribution >= 0.6 is 0 Å². The van der Waals surface area contributed by atoms with Gasteiger partial charge >= 0.3 is 0 Å². The Labute approximate surface area is 112 Å². The minimum Gasteiger partial charge on any atom is -0.349 e. The molecule has 1 aliphatic rings. The van der Waals surface area contributed by atoms with Crippen LogP contribution in [0.15, 0.2) is 18.2 Å². The molecule has 1 fully saturated rings. The Morgan fingerprint density at radius 1 is 1.21 bits per heavy atom. The molecule has 1 aromatic carbocycles. The van der Waals surface area contributed by atoms with Crippen molar-refractivity contribution in [3.05, 3.63) is 35.4 Å². The fraction of sp³-hybridized carbons (Fsp3) is 0.533. The molecule has 1 saturated carbocycles. The summed E-state index contributed by atoms with van der Waals surface area (Å²) < 4.78 is 27.1. The van der Waals surface area contributed by atoms with Gasteiger partial charge in [0.25, 0.3) is 5.91 Å². The van der Waals surface area contributed by atoms with Gasteiger partial charge < -0.3 is 5.32 Å². The number of halogens is 2. The Kier molecular flexibility index (Phi) is 4.17. The molecule has 0 unspecified atom stereocenters. The second-order valence-corrected chi connectivity index (χ2v) is 5.44. The molecular weight excluding hydrogens is 248 g/mol. The molecular formula is C15H19F2NO. The van der Waals surface area contributed by atoms with Crippen molar-refractivity contribution in [1.82, 2.24) is 5.32 Å². The average molecular weight is 267 g/mol. The second kappa shape index (κ2) is 5.68. The number of hydrogen-bond donors (Lipinski definition) is 1. The average Bonchev–Trinajstić information content (AvgIpc) is 2.35. The molecule has 1 amide bonds. The zero-order valence-corrected chi connectivity index (χ0v) is 11.2. The van der Waals surface area contributed by atoms with Crippen molar-refractivity contribution in [1.29, 1.82) is 0 Å². The van der Waals surface area contributed by atoms with Crippen LogP contribution in [0.5, 0.6) is 0 Å². The Morgan fingerprint density at radius 3 is 2.47 bits per heavy atom. The number of benzene rings is 1. The second-order valence-electron chi connectivity index (χ2n) is 5.44. The lowest BCUT2D eigenvalue weighted by Crippen LogP contribution is -2.44. The number of carbonyl (C=O) groups excluding carboxylic acids is 1. The fourth-order valence-corrected chi connectivity index (χ4v) is 2.74. The smallest absolute Gasteiger partial charge is 0.257 e. The topological polar surface area (TPSA) is 29.1 Å². The lowest BCUT2D eigenvalue weighted by atomic mass is 9.78. The first-order valence-corrected chi connectivity index (χ1v) is 6.75. The number of nitrogens with one attached hydrogen (secondary N) is 1. The van der Waals surface area contributed by atoms with Crippen LogP contribution in [0.2, 0.25) is 0 Å². The van der Waals surface area contributed by atoms with Crippen LogP contribution < -0.4 is 5.32 Å². The van der Waals surface area contributed by atoms with E-state index >= 15 is 0 Å². The zero-order chi connectivity index (χ0) is 14.0. The van der Waals surface area contributed by atoms with Crippen LogP contribution in [-0.2, 0) is 0 Å². The van der Waals surface area contributed by atoms with Gasteiger partial charge in [-0.25, -0.2) is 8.78 Å². The monoisotopic (exact) mass is 267 g/mol. The third kappa shape index (κ3) is 2.94. The molecule has 0 spiro atoms. The van der Waals surface area contributed by atoms with E-state index in [9.17, 15) is 13.6 Å². The quantitative estimate of drug-likeness (QED) is 0.872. The highest BCUT2D eigenvalue weighted by Crippen LogP contribution is 2.29. The van der Waals surface area contributed by atoms with Crippen molar-refractivity contribution in [2.45, 2.75) is 39.2 Å². The molecule has 3 atom stereocenters. The maximum atomic E-state index is 13.5. The molecule has 2 nitrogen and oxygen atoms in total. The van der Waals surface area contributed by atoms with E-state index in [0.29, 0.717) is 11.8 Å². The molecule has 1 N–H and O–H groups in total. The maximum absolute atomic E-state index is 13.5. The first-order valence-electron chi connectivity index (χ1n) is 6.75. The summed E-state index contributed by atoms with van der Waals surface area (Å²) in [6.07, 6.45) is 3.05. The van der Waals surface area contributed by atoms with Gasteiger partial charge in [-0.2, -0.15) is 0 Å². The molecule has 0 saturated heterocycles. The van der Waals surface area contributed by atoms with E-state index in [2.05, 4.69) is 19.2 Å². The van der Waals surface area contributed by atoms with Crippen molar-refractivity contribution >= 4 is 5.91 Å². The van der Waals surface area contributed by atoms with Gasteiger partial charge in [-0.3, -0.25) is 4.79 Å². The van der Waals surface area contributed by atoms with Crippen molar-refractivity contribution in [2.24, 2.45) is 11.8 Å². The lowest BCUT2D eigenvalue weighted by molar-refractivity contribution is 0.0882. The van der Waals surface area contributed by atoms with Crippen LogP contribution in [-0.4, -0.2) is 11.9 Å². The normalized spacial score (nSPS) is 27.1. The van der Waals surface area contributed by atoms with Crippen molar-refractivity contribution < 1.29 is 13.6 Å². The number of rotatable bonds is 2. The summed E-state index contributed by atoms with van der Waals surface area (Å²) in [6, 6.07) is 3.46. The highest BCUT2D eigenvalue weighted by Gasteiger charge is 2.29. The van der Waals surface area contributed by atoms with Gasteiger partial charge in [-0.1, -0.05) is 32.8 Å². The van der Waals surface area contributed by atoms with Gasteiger partial charge in [0.05, 0.1) is 0 Å². The maximum Gasteiger partial charge on any atom is 0.257 e. The molecule has 0 bridgehead atoms. The molecule has 0 radical (unpaired) electrons. The Hall–Kier alpha value is -1.45. The molecule has 0 aromatic heterocycles. The van der Waals surface area contributed by atoms with Crippen LogP contribution in [0.25, 0.3) is 0 Å². The summed E-state index contributed by atoms with van der Waals surface area (Å²) in [4.78, 5) is 12.0. The fourth-order valence-electron chi connectivity index (χ4n) is 2.74. The highest BCUT2D eigenvalue weighted by atomic mass is 19.1. The van der Waals surface area contributed by atoms with Gasteiger partial charge in [0.2, 0.25) is 0 Å². The van der Waals surface area contributed by atoms with E-state index in [4.69, 9.17) is 0 Å². The molecule has 2 rings (SSSR count). The summed E-state index contributed by atoms with van der Waals surface area (Å²) in [5.74, 6) is -1.43. The highest BCUT2D eigenvalue weighted by molar-refractivity contribution is 5.94. The van der Waals surface area contributed by atoms with Crippen LogP contribution in [0.4, 0.5) is 8.78 Å². The Morgan fingerprint density at radius 2 is 1.84 bits per heavy atom. The minimum absolute atomic E-state index is 0.00439. The summed E-state index contributed by atoms with van der Waals surface area (Å²) in [5.41, 5.74) is -0.479. The molecule has 0 aliphatic heterocycles. The third-order valence-electron chi connectivity index (χ3n) is 4.21. The van der Waals surface area contributed by atoms with Gasteiger partial charge in [0.15, 0.2) is 0 Å².